The summed E-state index contributed by atoms with van der Waals surface area (Å²) in [6, 6.07) is 22.0. The Hall–Kier alpha value is -3.35. The Balaban J connectivity index is 1.20. The highest BCUT2D eigenvalue weighted by molar-refractivity contribution is 6.42. The number of ether oxygens (including phenoxy) is 2. The molecule has 0 bridgehead atoms. The molecule has 0 heterocycles. The first-order valence-electron chi connectivity index (χ1n) is 14.4. The van der Waals surface area contributed by atoms with E-state index in [-0.39, 0.29) is 17.6 Å². The highest BCUT2D eigenvalue weighted by atomic mass is 35.5. The van der Waals surface area contributed by atoms with Crippen LogP contribution in [0.3, 0.4) is 0 Å². The highest BCUT2D eigenvalue weighted by Crippen LogP contribution is 2.33. The SMILES string of the molecule is COC(=O)[C@H](Cc1ccc(OCc2ccccc2)cc1)NC(=O)CC1CCC(CC(=O)Cc2ccc(Cl)c(Cl)c2)CC1. The molecule has 1 N–H and O–H groups in total. The van der Waals surface area contributed by atoms with E-state index in [4.69, 9.17) is 32.7 Å². The smallest absolute Gasteiger partial charge is 0.328 e. The van der Waals surface area contributed by atoms with Crippen LogP contribution in [0.25, 0.3) is 0 Å². The van der Waals surface area contributed by atoms with Gasteiger partial charge in [-0.2, -0.15) is 0 Å². The minimum Gasteiger partial charge on any atom is -0.489 e. The monoisotopic (exact) mass is 609 g/mol. The van der Waals surface area contributed by atoms with E-state index >= 15 is 0 Å². The molecule has 1 saturated carbocycles. The van der Waals surface area contributed by atoms with Crippen molar-refractivity contribution in [3.05, 3.63) is 99.5 Å². The third-order valence-corrected chi connectivity index (χ3v) is 8.51. The van der Waals surface area contributed by atoms with E-state index in [1.54, 1.807) is 12.1 Å². The summed E-state index contributed by atoms with van der Waals surface area (Å²) >= 11 is 12.0. The minimum absolute atomic E-state index is 0.160. The zero-order chi connectivity index (χ0) is 29.9. The summed E-state index contributed by atoms with van der Waals surface area (Å²) in [5.41, 5.74) is 2.84. The number of nitrogens with one attached hydrogen (secondary N) is 1. The quantitative estimate of drug-likeness (QED) is 0.208. The van der Waals surface area contributed by atoms with Crippen LogP contribution < -0.4 is 10.1 Å². The summed E-state index contributed by atoms with van der Waals surface area (Å²) in [5, 5.41) is 3.82. The number of hydrogen-bond donors (Lipinski definition) is 1. The van der Waals surface area contributed by atoms with E-state index in [1.807, 2.05) is 60.7 Å². The minimum atomic E-state index is -0.770. The lowest BCUT2D eigenvalue weighted by Crippen LogP contribution is -2.43. The van der Waals surface area contributed by atoms with Crippen LogP contribution in [-0.4, -0.2) is 30.8 Å². The fourth-order valence-corrected chi connectivity index (χ4v) is 5.78. The second kappa shape index (κ2) is 15.8. The van der Waals surface area contributed by atoms with Crippen LogP contribution in [0.4, 0.5) is 0 Å². The van der Waals surface area contributed by atoms with E-state index in [0.717, 1.165) is 48.1 Å². The van der Waals surface area contributed by atoms with Gasteiger partial charge in [-0.3, -0.25) is 9.59 Å². The lowest BCUT2D eigenvalue weighted by molar-refractivity contribution is -0.145. The molecular weight excluding hydrogens is 573 g/mol. The van der Waals surface area contributed by atoms with Crippen LogP contribution in [0.1, 0.15) is 55.2 Å². The Morgan fingerprint density at radius 2 is 1.45 bits per heavy atom. The largest absolute Gasteiger partial charge is 0.489 e. The molecule has 0 unspecified atom stereocenters. The number of Topliss-reactive ketones (excluding diaryl/α,β-unsaturated/α-hetero) is 1. The van der Waals surface area contributed by atoms with Gasteiger partial charge in [0.1, 0.15) is 24.2 Å². The van der Waals surface area contributed by atoms with Crippen molar-refractivity contribution in [3.63, 3.8) is 0 Å². The summed E-state index contributed by atoms with van der Waals surface area (Å²) in [5.74, 6) is 0.830. The van der Waals surface area contributed by atoms with Crippen molar-refractivity contribution in [2.75, 3.05) is 7.11 Å². The number of hydrogen-bond acceptors (Lipinski definition) is 5. The molecule has 1 atom stereocenters. The number of carbonyl (C=O) groups is 3. The maximum Gasteiger partial charge on any atom is 0.328 e. The highest BCUT2D eigenvalue weighted by Gasteiger charge is 2.27. The molecule has 0 radical (unpaired) electrons. The Morgan fingerprint density at radius 3 is 2.10 bits per heavy atom. The number of halogens is 2. The van der Waals surface area contributed by atoms with Crippen LogP contribution in [0.5, 0.6) is 5.75 Å². The van der Waals surface area contributed by atoms with Crippen molar-refractivity contribution in [2.45, 2.75) is 64.0 Å². The molecule has 1 aliphatic carbocycles. The first-order valence-corrected chi connectivity index (χ1v) is 15.1. The van der Waals surface area contributed by atoms with Gasteiger partial charge in [0, 0.05) is 25.7 Å². The zero-order valence-electron chi connectivity index (χ0n) is 23.8. The van der Waals surface area contributed by atoms with Crippen molar-refractivity contribution in [1.29, 1.82) is 0 Å². The first kappa shape index (κ1) is 31.6. The molecule has 1 aliphatic rings. The molecule has 0 aromatic heterocycles. The van der Waals surface area contributed by atoms with Gasteiger partial charge in [-0.25, -0.2) is 4.79 Å². The fraction of sp³-hybridized carbons (Fsp3) is 0.382. The standard InChI is InChI=1S/C34H37Cl2NO5/c1-41-34(40)32(20-24-11-14-29(15-12-24)42-22-26-5-3-2-4-6-26)37-33(39)21-25-9-7-23(8-10-25)17-28(38)18-27-13-16-30(35)31(36)19-27/h2-6,11-16,19,23,25,32H,7-10,17-18,20-22H2,1H3,(H,37,39)/t23?,25?,32-/m0/s1. The lowest BCUT2D eigenvalue weighted by atomic mass is 9.78. The van der Waals surface area contributed by atoms with Gasteiger partial charge in [-0.05, 0) is 78.5 Å². The van der Waals surface area contributed by atoms with E-state index in [9.17, 15) is 14.4 Å². The van der Waals surface area contributed by atoms with Gasteiger partial charge < -0.3 is 14.8 Å². The predicted molar refractivity (Wildman–Crippen MR) is 165 cm³/mol. The number of esters is 1. The van der Waals surface area contributed by atoms with Crippen molar-refractivity contribution in [1.82, 2.24) is 5.32 Å². The molecule has 0 saturated heterocycles. The number of ketones is 1. The molecular formula is C34H37Cl2NO5. The van der Waals surface area contributed by atoms with Crippen molar-refractivity contribution in [2.24, 2.45) is 11.8 Å². The average Bonchev–Trinajstić information content (AvgIpc) is 2.99. The molecule has 1 fully saturated rings. The first-order chi connectivity index (χ1) is 20.3. The Kier molecular flexibility index (Phi) is 11.8. The van der Waals surface area contributed by atoms with Gasteiger partial charge in [0.15, 0.2) is 0 Å². The normalized spacial score (nSPS) is 17.2. The van der Waals surface area contributed by atoms with E-state index in [0.29, 0.717) is 48.3 Å². The average molecular weight is 611 g/mol. The number of methoxy groups -OCH3 is 1. The van der Waals surface area contributed by atoms with Gasteiger partial charge in [0.05, 0.1) is 17.2 Å². The third kappa shape index (κ3) is 9.88. The van der Waals surface area contributed by atoms with Crippen LogP contribution in [0.15, 0.2) is 72.8 Å². The molecule has 0 spiro atoms. The number of amides is 1. The maximum atomic E-state index is 12.9. The van der Waals surface area contributed by atoms with Crippen molar-refractivity contribution < 1.29 is 23.9 Å². The fourth-order valence-electron chi connectivity index (χ4n) is 5.46. The molecule has 222 valence electrons. The summed E-state index contributed by atoms with van der Waals surface area (Å²) in [7, 11) is 1.33. The second-order valence-corrected chi connectivity index (χ2v) is 11.8. The third-order valence-electron chi connectivity index (χ3n) is 7.77. The summed E-state index contributed by atoms with van der Waals surface area (Å²) in [4.78, 5) is 38.0. The lowest BCUT2D eigenvalue weighted by Gasteiger charge is -2.28. The zero-order valence-corrected chi connectivity index (χ0v) is 25.3. The Morgan fingerprint density at radius 1 is 0.810 bits per heavy atom. The van der Waals surface area contributed by atoms with Gasteiger partial charge in [0.25, 0.3) is 0 Å². The molecule has 42 heavy (non-hydrogen) atoms. The molecule has 4 rings (SSSR count). The predicted octanol–water partition coefficient (Wildman–Crippen LogP) is 7.17. The van der Waals surface area contributed by atoms with Gasteiger partial charge in [0.2, 0.25) is 5.91 Å². The number of carbonyl (C=O) groups excluding carboxylic acids is 3. The van der Waals surface area contributed by atoms with Gasteiger partial charge in [-0.15, -0.1) is 0 Å². The van der Waals surface area contributed by atoms with Crippen LogP contribution in [-0.2, 0) is 38.6 Å². The molecule has 0 aliphatic heterocycles. The molecule has 3 aromatic carbocycles. The molecule has 8 heteroatoms. The van der Waals surface area contributed by atoms with E-state index in [2.05, 4.69) is 5.32 Å². The van der Waals surface area contributed by atoms with Crippen LogP contribution in [0, 0.1) is 11.8 Å². The summed E-state index contributed by atoms with van der Waals surface area (Å²) in [6.07, 6.45) is 5.12. The van der Waals surface area contributed by atoms with Crippen LogP contribution >= 0.6 is 23.2 Å². The number of benzene rings is 3. The van der Waals surface area contributed by atoms with E-state index in [1.165, 1.54) is 7.11 Å². The number of rotatable bonds is 13. The molecule has 3 aromatic rings. The molecule has 6 nitrogen and oxygen atoms in total. The maximum absolute atomic E-state index is 12.9. The van der Waals surface area contributed by atoms with E-state index < -0.39 is 12.0 Å². The summed E-state index contributed by atoms with van der Waals surface area (Å²) in [6.45, 7) is 0.470. The van der Waals surface area contributed by atoms with Gasteiger partial charge >= 0.3 is 5.97 Å². The van der Waals surface area contributed by atoms with Gasteiger partial charge in [-0.1, -0.05) is 71.7 Å². The summed E-state index contributed by atoms with van der Waals surface area (Å²) < 4.78 is 10.8. The Labute approximate surface area is 257 Å². The second-order valence-electron chi connectivity index (χ2n) is 11.0. The Bertz CT molecular complexity index is 1340. The van der Waals surface area contributed by atoms with Crippen LogP contribution in [0.2, 0.25) is 10.0 Å². The topological polar surface area (TPSA) is 81.7 Å². The van der Waals surface area contributed by atoms with Crippen molar-refractivity contribution in [3.8, 4) is 5.75 Å². The van der Waals surface area contributed by atoms with Crippen molar-refractivity contribution >= 4 is 40.9 Å². The molecule has 1 amide bonds.